The van der Waals surface area contributed by atoms with Crippen molar-refractivity contribution in [2.24, 2.45) is 11.8 Å². The third-order valence-corrected chi connectivity index (χ3v) is 12.2. The van der Waals surface area contributed by atoms with Crippen LogP contribution in [0.25, 0.3) is 11.1 Å². The van der Waals surface area contributed by atoms with E-state index in [2.05, 4.69) is 37.2 Å². The highest BCUT2D eigenvalue weighted by molar-refractivity contribution is 5.98. The molecule has 0 radical (unpaired) electrons. The SMILES string of the molecule is COCCCOc1cc(C(=O)N(C(C)C)C2CCC(CCN(C)C3(C4CCOCC4)CC3)NC2)ccc1-c1cc(C(=O)N(C)CC2CC2)ccc1C#N. The van der Waals surface area contributed by atoms with Gasteiger partial charge in [0.15, 0.2) is 0 Å². The molecule has 2 aromatic carbocycles. The molecule has 2 amide bonds. The average Bonchev–Trinajstić information content (AvgIpc) is 4.13. The summed E-state index contributed by atoms with van der Waals surface area (Å²) in [6, 6.07) is 13.6. The highest BCUT2D eigenvalue weighted by atomic mass is 16.5. The van der Waals surface area contributed by atoms with Crippen molar-refractivity contribution in [1.29, 1.82) is 5.26 Å². The number of benzene rings is 2. The summed E-state index contributed by atoms with van der Waals surface area (Å²) in [6.45, 7) is 9.50. The number of nitriles is 1. The van der Waals surface area contributed by atoms with Crippen molar-refractivity contribution in [1.82, 2.24) is 20.0 Å². The van der Waals surface area contributed by atoms with E-state index in [4.69, 9.17) is 14.2 Å². The third kappa shape index (κ3) is 9.43. The van der Waals surface area contributed by atoms with E-state index >= 15 is 0 Å². The molecular weight excluding hydrogens is 667 g/mol. The summed E-state index contributed by atoms with van der Waals surface area (Å²) in [5.74, 6) is 1.75. The van der Waals surface area contributed by atoms with Gasteiger partial charge in [-0.1, -0.05) is 0 Å². The number of hydrogen-bond donors (Lipinski definition) is 1. The molecule has 4 aliphatic rings. The minimum atomic E-state index is -0.0678. The Hall–Kier alpha value is -3.49. The maximum absolute atomic E-state index is 14.4. The number of carbonyl (C=O) groups excluding carboxylic acids is 2. The second-order valence-electron chi connectivity index (χ2n) is 16.2. The van der Waals surface area contributed by atoms with Crippen LogP contribution in [0.4, 0.5) is 0 Å². The van der Waals surface area contributed by atoms with Crippen LogP contribution in [0.5, 0.6) is 5.75 Å². The van der Waals surface area contributed by atoms with Crippen molar-refractivity contribution in [2.75, 3.05) is 67.3 Å². The van der Waals surface area contributed by atoms with Crippen LogP contribution in [0.15, 0.2) is 36.4 Å². The van der Waals surface area contributed by atoms with E-state index < -0.39 is 0 Å². The molecule has 288 valence electrons. The van der Waals surface area contributed by atoms with Crippen LogP contribution in [0.3, 0.4) is 0 Å². The van der Waals surface area contributed by atoms with Crippen molar-refractivity contribution in [2.45, 2.75) is 102 Å². The summed E-state index contributed by atoms with van der Waals surface area (Å²) >= 11 is 0. The molecule has 6 rings (SSSR count). The fourth-order valence-corrected chi connectivity index (χ4v) is 8.76. The molecule has 4 fully saturated rings. The molecular formula is C43H61N5O5. The predicted octanol–water partition coefficient (Wildman–Crippen LogP) is 6.37. The number of nitrogens with one attached hydrogen (secondary N) is 1. The molecule has 10 nitrogen and oxygen atoms in total. The van der Waals surface area contributed by atoms with Crippen LogP contribution >= 0.6 is 0 Å². The van der Waals surface area contributed by atoms with E-state index in [0.29, 0.717) is 70.7 Å². The minimum Gasteiger partial charge on any atom is -0.493 e. The van der Waals surface area contributed by atoms with Gasteiger partial charge < -0.3 is 34.2 Å². The standard InChI is InChI=1S/C43H61N5O5/c1-30(2)48(37-13-12-36(45-28-37)15-20-47(4)43(18-19-43)35-16-23-52-24-17-35)42(50)33-11-14-38(40(26-33)53-22-6-21-51-5)39-25-32(9-10-34(39)27-44)41(49)46(3)29-31-7-8-31/h9-11,14,25-26,30-31,35-37,45H,6-8,12-13,15-24,28-29H2,1-5H3. The molecule has 1 N–H and O–H groups in total. The number of nitrogens with zero attached hydrogens (tertiary/aromatic N) is 4. The third-order valence-electron chi connectivity index (χ3n) is 12.2. The summed E-state index contributed by atoms with van der Waals surface area (Å²) in [7, 11) is 5.81. The van der Waals surface area contributed by atoms with Gasteiger partial charge in [0.2, 0.25) is 0 Å². The second kappa shape index (κ2) is 17.8. The Morgan fingerprint density at radius 3 is 2.34 bits per heavy atom. The highest BCUT2D eigenvalue weighted by Crippen LogP contribution is 2.50. The van der Waals surface area contributed by atoms with Crippen LogP contribution < -0.4 is 10.1 Å². The molecule has 2 saturated carbocycles. The number of rotatable bonds is 17. The Morgan fingerprint density at radius 1 is 0.962 bits per heavy atom. The monoisotopic (exact) mass is 727 g/mol. The molecule has 2 aliphatic heterocycles. The summed E-state index contributed by atoms with van der Waals surface area (Å²) in [6.07, 6.45) is 11.1. The zero-order valence-electron chi connectivity index (χ0n) is 32.7. The summed E-state index contributed by atoms with van der Waals surface area (Å²) < 4.78 is 17.2. The Kier molecular flexibility index (Phi) is 13.1. The van der Waals surface area contributed by atoms with Gasteiger partial charge in [0.05, 0.1) is 18.2 Å². The molecule has 2 atom stereocenters. The molecule has 2 heterocycles. The molecule has 2 aliphatic carbocycles. The predicted molar refractivity (Wildman–Crippen MR) is 207 cm³/mol. The second-order valence-corrected chi connectivity index (χ2v) is 16.2. The summed E-state index contributed by atoms with van der Waals surface area (Å²) in [5, 5.41) is 13.9. The molecule has 2 unspecified atom stereocenters. The normalized spacial score (nSPS) is 21.3. The minimum absolute atomic E-state index is 0.0115. The van der Waals surface area contributed by atoms with E-state index in [1.807, 2.05) is 30.1 Å². The number of methoxy groups -OCH3 is 1. The van der Waals surface area contributed by atoms with Crippen LogP contribution in [0.1, 0.15) is 104 Å². The van der Waals surface area contributed by atoms with E-state index in [-0.39, 0.29) is 23.9 Å². The maximum Gasteiger partial charge on any atom is 0.254 e. The van der Waals surface area contributed by atoms with E-state index in [1.54, 1.807) is 30.2 Å². The van der Waals surface area contributed by atoms with Crippen molar-refractivity contribution < 1.29 is 23.8 Å². The van der Waals surface area contributed by atoms with E-state index in [9.17, 15) is 14.9 Å². The number of amides is 2. The first-order valence-electron chi connectivity index (χ1n) is 20.1. The van der Waals surface area contributed by atoms with Gasteiger partial charge in [-0.05, 0) is 133 Å². The van der Waals surface area contributed by atoms with Crippen LogP contribution in [-0.2, 0) is 9.47 Å². The largest absolute Gasteiger partial charge is 0.493 e. The molecule has 53 heavy (non-hydrogen) atoms. The summed E-state index contributed by atoms with van der Waals surface area (Å²) in [4.78, 5) is 34.2. The molecule has 0 bridgehead atoms. The van der Waals surface area contributed by atoms with Gasteiger partial charge in [-0.2, -0.15) is 5.26 Å². The molecule has 2 aromatic rings. The number of hydrogen-bond acceptors (Lipinski definition) is 8. The Labute approximate surface area is 317 Å². The molecule has 0 spiro atoms. The summed E-state index contributed by atoms with van der Waals surface area (Å²) in [5.41, 5.74) is 3.20. The Bertz CT molecular complexity index is 1600. The first-order chi connectivity index (χ1) is 25.6. The Balaban J connectivity index is 1.15. The van der Waals surface area contributed by atoms with Crippen molar-refractivity contribution >= 4 is 11.8 Å². The molecule has 10 heteroatoms. The lowest BCUT2D eigenvalue weighted by Crippen LogP contribution is -2.54. The van der Waals surface area contributed by atoms with Crippen molar-refractivity contribution in [3.63, 3.8) is 0 Å². The average molecular weight is 728 g/mol. The Morgan fingerprint density at radius 2 is 1.70 bits per heavy atom. The molecule has 0 aromatic heterocycles. The van der Waals surface area contributed by atoms with Crippen LogP contribution in [0, 0.1) is 23.2 Å². The topological polar surface area (TPSA) is 107 Å². The number of carbonyl (C=O) groups is 2. The van der Waals surface area contributed by atoms with Gasteiger partial charge in [0, 0.05) is 99.4 Å². The van der Waals surface area contributed by atoms with Gasteiger partial charge in [0.25, 0.3) is 11.8 Å². The zero-order chi connectivity index (χ0) is 37.5. The maximum atomic E-state index is 14.4. The van der Waals surface area contributed by atoms with Gasteiger partial charge >= 0.3 is 0 Å². The first-order valence-corrected chi connectivity index (χ1v) is 20.1. The quantitative estimate of drug-likeness (QED) is 0.187. The van der Waals surface area contributed by atoms with Crippen LogP contribution in [-0.4, -0.2) is 117 Å². The highest BCUT2D eigenvalue weighted by Gasteiger charge is 2.52. The smallest absolute Gasteiger partial charge is 0.254 e. The zero-order valence-corrected chi connectivity index (χ0v) is 32.7. The van der Waals surface area contributed by atoms with Gasteiger partial charge in [-0.15, -0.1) is 0 Å². The lowest BCUT2D eigenvalue weighted by molar-refractivity contribution is 0.0216. The van der Waals surface area contributed by atoms with Crippen molar-refractivity contribution in [3.8, 4) is 22.9 Å². The van der Waals surface area contributed by atoms with Gasteiger partial charge in [0.1, 0.15) is 5.75 Å². The van der Waals surface area contributed by atoms with Gasteiger partial charge in [-0.25, -0.2) is 0 Å². The van der Waals surface area contributed by atoms with Gasteiger partial charge in [-0.3, -0.25) is 9.59 Å². The first kappa shape index (κ1) is 39.2. The number of ether oxygens (including phenoxy) is 3. The van der Waals surface area contributed by atoms with Crippen molar-refractivity contribution in [3.05, 3.63) is 53.1 Å². The van der Waals surface area contributed by atoms with E-state index in [0.717, 1.165) is 70.9 Å². The van der Waals surface area contributed by atoms with Crippen LogP contribution in [0.2, 0.25) is 0 Å². The lowest BCUT2D eigenvalue weighted by Gasteiger charge is -2.41. The fourth-order valence-electron chi connectivity index (χ4n) is 8.76. The lowest BCUT2D eigenvalue weighted by atomic mass is 9.88. The molecule has 2 saturated heterocycles. The fraction of sp³-hybridized carbons (Fsp3) is 0.651. The number of piperidine rings is 1. The van der Waals surface area contributed by atoms with E-state index in [1.165, 1.54) is 25.7 Å².